The fourth-order valence-corrected chi connectivity index (χ4v) is 2.57. The van der Waals surface area contributed by atoms with Gasteiger partial charge >= 0.3 is 0 Å². The third-order valence-corrected chi connectivity index (χ3v) is 4.19. The minimum atomic E-state index is -0.295. The predicted molar refractivity (Wildman–Crippen MR) is 107 cm³/mol. The molecule has 0 aliphatic heterocycles. The molecule has 0 fully saturated rings. The molecule has 0 atom stereocenters. The first kappa shape index (κ1) is 17.2. The zero-order valence-electron chi connectivity index (χ0n) is 13.5. The van der Waals surface area contributed by atoms with Crippen LogP contribution in [-0.4, -0.2) is 10.9 Å². The Morgan fingerprint density at radius 3 is 2.20 bits per heavy atom. The largest absolute Gasteiger partial charge is 0.457 e. The lowest BCUT2D eigenvalue weighted by Crippen LogP contribution is -2.15. The molecular weight excluding hydrogens is 429 g/mol. The van der Waals surface area contributed by atoms with Crippen molar-refractivity contribution in [3.63, 3.8) is 0 Å². The maximum atomic E-state index is 12.3. The van der Waals surface area contributed by atoms with Crippen LogP contribution in [0.1, 0.15) is 16.1 Å². The molecule has 0 spiro atoms. The van der Waals surface area contributed by atoms with Gasteiger partial charge in [-0.2, -0.15) is 0 Å². The van der Waals surface area contributed by atoms with E-state index in [0.29, 0.717) is 17.0 Å². The van der Waals surface area contributed by atoms with Crippen LogP contribution in [0.25, 0.3) is 0 Å². The Hall–Kier alpha value is -2.61. The summed E-state index contributed by atoms with van der Waals surface area (Å²) in [6.07, 6.45) is 0. The van der Waals surface area contributed by atoms with Crippen molar-refractivity contribution in [2.45, 2.75) is 6.92 Å². The molecule has 3 rings (SSSR count). The first-order valence-corrected chi connectivity index (χ1v) is 8.67. The van der Waals surface area contributed by atoms with E-state index in [2.05, 4.69) is 32.9 Å². The molecule has 6 heteroatoms. The molecule has 0 saturated carbocycles. The van der Waals surface area contributed by atoms with Gasteiger partial charge in [-0.3, -0.25) is 4.79 Å². The van der Waals surface area contributed by atoms with Crippen LogP contribution in [0.15, 0.2) is 60.7 Å². The van der Waals surface area contributed by atoms with E-state index in [-0.39, 0.29) is 11.7 Å². The summed E-state index contributed by atoms with van der Waals surface area (Å²) in [5, 5.41) is 2.80. The number of halogens is 1. The van der Waals surface area contributed by atoms with Crippen LogP contribution >= 0.6 is 22.6 Å². The van der Waals surface area contributed by atoms with Gasteiger partial charge in [0.25, 0.3) is 5.91 Å². The van der Waals surface area contributed by atoms with Gasteiger partial charge in [0.1, 0.15) is 17.3 Å². The van der Waals surface area contributed by atoms with Crippen molar-refractivity contribution >= 4 is 40.0 Å². The molecular formula is C19H16IN3O2. The van der Waals surface area contributed by atoms with Gasteiger partial charge in [0.05, 0.1) is 5.56 Å². The number of aryl methyl sites for hydroxylation is 1. The molecule has 1 amide bonds. The SMILES string of the molecule is Cc1ccc(C(=O)Nc2ccc(Oc3ccc(I)cc3)cc2)c(N)n1. The van der Waals surface area contributed by atoms with Gasteiger partial charge in [0, 0.05) is 15.0 Å². The number of amides is 1. The number of hydrogen-bond donors (Lipinski definition) is 2. The van der Waals surface area contributed by atoms with Gasteiger partial charge in [-0.25, -0.2) is 4.98 Å². The lowest BCUT2D eigenvalue weighted by molar-refractivity contribution is 0.102. The molecule has 0 bridgehead atoms. The molecule has 3 N–H and O–H groups in total. The number of rotatable bonds is 4. The van der Waals surface area contributed by atoms with Crippen LogP contribution in [0.5, 0.6) is 11.5 Å². The topological polar surface area (TPSA) is 77.2 Å². The predicted octanol–water partition coefficient (Wildman–Crippen LogP) is 4.62. The van der Waals surface area contributed by atoms with Crippen molar-refractivity contribution in [2.24, 2.45) is 0 Å². The Morgan fingerprint density at radius 2 is 1.60 bits per heavy atom. The van der Waals surface area contributed by atoms with E-state index in [1.54, 1.807) is 36.4 Å². The normalized spacial score (nSPS) is 10.3. The van der Waals surface area contributed by atoms with Crippen molar-refractivity contribution in [2.75, 3.05) is 11.1 Å². The summed E-state index contributed by atoms with van der Waals surface area (Å²) < 4.78 is 6.91. The highest BCUT2D eigenvalue weighted by Gasteiger charge is 2.11. The number of anilines is 2. The van der Waals surface area contributed by atoms with Crippen LogP contribution in [0.4, 0.5) is 11.5 Å². The smallest absolute Gasteiger partial charge is 0.259 e. The number of ether oxygens (including phenoxy) is 1. The zero-order valence-corrected chi connectivity index (χ0v) is 15.7. The summed E-state index contributed by atoms with van der Waals surface area (Å²) in [6, 6.07) is 18.3. The lowest BCUT2D eigenvalue weighted by atomic mass is 10.2. The molecule has 2 aromatic carbocycles. The number of carbonyl (C=O) groups is 1. The van der Waals surface area contributed by atoms with E-state index in [1.807, 2.05) is 31.2 Å². The second kappa shape index (κ2) is 7.52. The van der Waals surface area contributed by atoms with E-state index < -0.39 is 0 Å². The molecule has 1 aromatic heterocycles. The molecule has 0 radical (unpaired) electrons. The Kier molecular flexibility index (Phi) is 5.18. The highest BCUT2D eigenvalue weighted by Crippen LogP contribution is 2.24. The van der Waals surface area contributed by atoms with Crippen LogP contribution < -0.4 is 15.8 Å². The van der Waals surface area contributed by atoms with Gasteiger partial charge in [0.2, 0.25) is 0 Å². The number of nitrogens with two attached hydrogens (primary N) is 1. The first-order chi connectivity index (χ1) is 12.0. The summed E-state index contributed by atoms with van der Waals surface area (Å²) in [4.78, 5) is 16.4. The Balaban J connectivity index is 1.67. The fourth-order valence-electron chi connectivity index (χ4n) is 2.21. The summed E-state index contributed by atoms with van der Waals surface area (Å²) in [6.45, 7) is 1.82. The number of hydrogen-bond acceptors (Lipinski definition) is 4. The highest BCUT2D eigenvalue weighted by atomic mass is 127. The van der Waals surface area contributed by atoms with E-state index in [9.17, 15) is 4.79 Å². The second-order valence-corrected chi connectivity index (χ2v) is 6.67. The maximum absolute atomic E-state index is 12.3. The number of nitrogens with zero attached hydrogens (tertiary/aromatic N) is 1. The summed E-state index contributed by atoms with van der Waals surface area (Å²) in [5.74, 6) is 1.37. The van der Waals surface area contributed by atoms with E-state index in [4.69, 9.17) is 10.5 Å². The molecule has 0 aliphatic rings. The molecule has 5 nitrogen and oxygen atoms in total. The Labute approximate surface area is 159 Å². The number of aromatic nitrogens is 1. The average Bonchev–Trinajstić information content (AvgIpc) is 2.58. The molecule has 0 aliphatic carbocycles. The van der Waals surface area contributed by atoms with Crippen molar-refractivity contribution in [1.82, 2.24) is 4.98 Å². The van der Waals surface area contributed by atoms with Gasteiger partial charge in [-0.15, -0.1) is 0 Å². The van der Waals surface area contributed by atoms with Crippen LogP contribution in [-0.2, 0) is 0 Å². The Morgan fingerprint density at radius 1 is 1.00 bits per heavy atom. The van der Waals surface area contributed by atoms with Crippen LogP contribution in [0.3, 0.4) is 0 Å². The third kappa shape index (κ3) is 4.48. The standard InChI is InChI=1S/C19H16IN3O2/c1-12-2-11-17(18(21)22-12)19(24)23-14-5-9-16(10-6-14)25-15-7-3-13(20)4-8-15/h2-11H,1H3,(H2,21,22)(H,23,24). The number of pyridine rings is 1. The first-order valence-electron chi connectivity index (χ1n) is 7.59. The van der Waals surface area contributed by atoms with Crippen molar-refractivity contribution in [3.05, 3.63) is 75.5 Å². The quantitative estimate of drug-likeness (QED) is 0.575. The third-order valence-electron chi connectivity index (χ3n) is 3.47. The van der Waals surface area contributed by atoms with Gasteiger partial charge < -0.3 is 15.8 Å². The van der Waals surface area contributed by atoms with Crippen molar-refractivity contribution < 1.29 is 9.53 Å². The van der Waals surface area contributed by atoms with Crippen molar-refractivity contribution in [3.8, 4) is 11.5 Å². The number of carbonyl (C=O) groups excluding carboxylic acids is 1. The molecule has 3 aromatic rings. The van der Waals surface area contributed by atoms with E-state index in [0.717, 1.165) is 15.0 Å². The molecule has 1 heterocycles. The zero-order chi connectivity index (χ0) is 17.8. The summed E-state index contributed by atoms with van der Waals surface area (Å²) >= 11 is 2.24. The lowest BCUT2D eigenvalue weighted by Gasteiger charge is -2.09. The molecule has 0 unspecified atom stereocenters. The summed E-state index contributed by atoms with van der Waals surface area (Å²) in [5.41, 5.74) is 7.58. The van der Waals surface area contributed by atoms with E-state index >= 15 is 0 Å². The maximum Gasteiger partial charge on any atom is 0.259 e. The van der Waals surface area contributed by atoms with Gasteiger partial charge in [-0.1, -0.05) is 0 Å². The van der Waals surface area contributed by atoms with E-state index in [1.165, 1.54) is 0 Å². The van der Waals surface area contributed by atoms with Gasteiger partial charge in [0.15, 0.2) is 0 Å². The minimum absolute atomic E-state index is 0.219. The van der Waals surface area contributed by atoms with Crippen LogP contribution in [0.2, 0.25) is 0 Å². The Bertz CT molecular complexity index is 894. The molecule has 25 heavy (non-hydrogen) atoms. The van der Waals surface area contributed by atoms with Crippen molar-refractivity contribution in [1.29, 1.82) is 0 Å². The average molecular weight is 445 g/mol. The number of nitrogens with one attached hydrogen (secondary N) is 1. The highest BCUT2D eigenvalue weighted by molar-refractivity contribution is 14.1. The van der Waals surface area contributed by atoms with Crippen LogP contribution in [0, 0.1) is 10.5 Å². The fraction of sp³-hybridized carbons (Fsp3) is 0.0526. The molecule has 126 valence electrons. The number of benzene rings is 2. The van der Waals surface area contributed by atoms with Gasteiger partial charge in [-0.05, 0) is 90.2 Å². The second-order valence-electron chi connectivity index (χ2n) is 5.42. The monoisotopic (exact) mass is 445 g/mol. The number of nitrogen functional groups attached to an aromatic ring is 1. The molecule has 0 saturated heterocycles. The summed E-state index contributed by atoms with van der Waals surface area (Å²) in [7, 11) is 0. The minimum Gasteiger partial charge on any atom is -0.457 e.